The van der Waals surface area contributed by atoms with Gasteiger partial charge in [0.15, 0.2) is 0 Å². The van der Waals surface area contributed by atoms with Crippen LogP contribution in [0.2, 0.25) is 0 Å². The number of sulfonamides is 1. The molecule has 0 aliphatic heterocycles. The van der Waals surface area contributed by atoms with Gasteiger partial charge in [0.25, 0.3) is 5.91 Å². The molecule has 0 bridgehead atoms. The van der Waals surface area contributed by atoms with Crippen molar-refractivity contribution in [3.05, 3.63) is 77.8 Å². The van der Waals surface area contributed by atoms with Gasteiger partial charge in [0, 0.05) is 24.3 Å². The maximum atomic E-state index is 12.8. The SMILES string of the molecule is C=CCN(CC=C)S(=O)(=O)c1ccc(NC(=O)c2ccc(OCCC(C)C)c(Br)c2)cc1. The Morgan fingerprint density at radius 1 is 1.12 bits per heavy atom. The molecule has 2 aromatic rings. The van der Waals surface area contributed by atoms with Gasteiger partial charge in [0.05, 0.1) is 16.0 Å². The van der Waals surface area contributed by atoms with Crippen LogP contribution in [-0.2, 0) is 10.0 Å². The first-order chi connectivity index (χ1) is 15.2. The zero-order valence-corrected chi connectivity index (χ0v) is 20.8. The molecule has 0 saturated carbocycles. The third kappa shape index (κ3) is 7.05. The van der Waals surface area contributed by atoms with Crippen molar-refractivity contribution >= 4 is 37.5 Å². The van der Waals surface area contributed by atoms with Crippen molar-refractivity contribution in [3.8, 4) is 5.75 Å². The van der Waals surface area contributed by atoms with Gasteiger partial charge in [-0.3, -0.25) is 4.79 Å². The largest absolute Gasteiger partial charge is 0.492 e. The van der Waals surface area contributed by atoms with Gasteiger partial charge in [-0.05, 0) is 70.7 Å². The number of carbonyl (C=O) groups excluding carboxylic acids is 1. The van der Waals surface area contributed by atoms with Crippen molar-refractivity contribution in [1.29, 1.82) is 0 Å². The van der Waals surface area contributed by atoms with Crippen LogP contribution in [0.1, 0.15) is 30.6 Å². The van der Waals surface area contributed by atoms with Crippen LogP contribution in [0.4, 0.5) is 5.69 Å². The van der Waals surface area contributed by atoms with Crippen LogP contribution in [0.3, 0.4) is 0 Å². The number of benzene rings is 2. The van der Waals surface area contributed by atoms with Crippen LogP contribution in [0.5, 0.6) is 5.75 Å². The van der Waals surface area contributed by atoms with Crippen molar-refractivity contribution in [2.24, 2.45) is 5.92 Å². The topological polar surface area (TPSA) is 75.7 Å². The van der Waals surface area contributed by atoms with Gasteiger partial charge in [-0.15, -0.1) is 13.2 Å². The smallest absolute Gasteiger partial charge is 0.255 e. The van der Waals surface area contributed by atoms with E-state index in [0.717, 1.165) is 6.42 Å². The number of halogens is 1. The number of nitrogens with zero attached hydrogens (tertiary/aromatic N) is 1. The van der Waals surface area contributed by atoms with E-state index < -0.39 is 10.0 Å². The fourth-order valence-electron chi connectivity index (χ4n) is 2.79. The van der Waals surface area contributed by atoms with E-state index in [1.807, 2.05) is 0 Å². The lowest BCUT2D eigenvalue weighted by Crippen LogP contribution is -2.31. The second-order valence-corrected chi connectivity index (χ2v) is 10.3. The molecule has 2 aromatic carbocycles. The summed E-state index contributed by atoms with van der Waals surface area (Å²) >= 11 is 3.45. The lowest BCUT2D eigenvalue weighted by molar-refractivity contribution is 0.102. The summed E-state index contributed by atoms with van der Waals surface area (Å²) in [5, 5.41) is 2.78. The maximum Gasteiger partial charge on any atom is 0.255 e. The van der Waals surface area contributed by atoms with E-state index in [4.69, 9.17) is 4.74 Å². The first kappa shape index (κ1) is 25.8. The highest BCUT2D eigenvalue weighted by Gasteiger charge is 2.22. The molecular formula is C24H29BrN2O4S. The molecule has 0 radical (unpaired) electrons. The second kappa shape index (κ2) is 12.0. The molecule has 0 heterocycles. The van der Waals surface area contributed by atoms with Gasteiger partial charge in [-0.25, -0.2) is 8.42 Å². The van der Waals surface area contributed by atoms with Crippen LogP contribution in [0.15, 0.2) is 77.1 Å². The van der Waals surface area contributed by atoms with Crippen molar-refractivity contribution in [1.82, 2.24) is 4.31 Å². The van der Waals surface area contributed by atoms with Crippen LogP contribution < -0.4 is 10.1 Å². The Morgan fingerprint density at radius 2 is 1.75 bits per heavy atom. The van der Waals surface area contributed by atoms with Crippen molar-refractivity contribution < 1.29 is 17.9 Å². The van der Waals surface area contributed by atoms with Gasteiger partial charge in [-0.1, -0.05) is 26.0 Å². The Bertz CT molecular complexity index is 1040. The summed E-state index contributed by atoms with van der Waals surface area (Å²) < 4.78 is 33.3. The van der Waals surface area contributed by atoms with Crippen molar-refractivity contribution in [3.63, 3.8) is 0 Å². The molecule has 1 amide bonds. The normalized spacial score (nSPS) is 11.4. The summed E-state index contributed by atoms with van der Waals surface area (Å²) in [5.41, 5.74) is 0.939. The molecule has 8 heteroatoms. The second-order valence-electron chi connectivity index (χ2n) is 7.55. The molecule has 0 fully saturated rings. The first-order valence-corrected chi connectivity index (χ1v) is 12.5. The predicted octanol–water partition coefficient (Wildman–Crippen LogP) is 5.49. The minimum Gasteiger partial charge on any atom is -0.492 e. The zero-order valence-electron chi connectivity index (χ0n) is 18.4. The summed E-state index contributed by atoms with van der Waals surface area (Å²) in [6.45, 7) is 12.4. The molecular weight excluding hydrogens is 492 g/mol. The summed E-state index contributed by atoms with van der Waals surface area (Å²) in [5.74, 6) is 0.919. The van der Waals surface area contributed by atoms with Gasteiger partial charge in [0.1, 0.15) is 5.75 Å². The summed E-state index contributed by atoms with van der Waals surface area (Å²) in [6.07, 6.45) is 3.99. The van der Waals surface area contributed by atoms with E-state index in [2.05, 4.69) is 48.3 Å². The molecule has 0 unspecified atom stereocenters. The van der Waals surface area contributed by atoms with Crippen molar-refractivity contribution in [2.75, 3.05) is 25.0 Å². The highest BCUT2D eigenvalue weighted by molar-refractivity contribution is 9.10. The number of nitrogens with one attached hydrogen (secondary N) is 1. The lowest BCUT2D eigenvalue weighted by Gasteiger charge is -2.19. The van der Waals surface area contributed by atoms with E-state index in [1.165, 1.54) is 28.6 Å². The standard InChI is InChI=1S/C24H29BrN2O4S/c1-5-14-27(15-6-2)32(29,30)21-10-8-20(9-11-21)26-24(28)19-7-12-23(22(25)17-19)31-16-13-18(3)4/h5-12,17-18H,1-2,13-16H2,3-4H3,(H,26,28). The molecule has 0 aliphatic carbocycles. The molecule has 172 valence electrons. The molecule has 0 aromatic heterocycles. The van der Waals surface area contributed by atoms with Crippen LogP contribution in [-0.4, -0.2) is 38.3 Å². The van der Waals surface area contributed by atoms with Crippen molar-refractivity contribution in [2.45, 2.75) is 25.2 Å². The van der Waals surface area contributed by atoms with Gasteiger partial charge in [-0.2, -0.15) is 4.31 Å². The third-order valence-corrected chi connectivity index (χ3v) is 7.03. The first-order valence-electron chi connectivity index (χ1n) is 10.2. The average Bonchev–Trinajstić information content (AvgIpc) is 2.74. The highest BCUT2D eigenvalue weighted by atomic mass is 79.9. The molecule has 0 spiro atoms. The number of anilines is 1. The molecule has 6 nitrogen and oxygen atoms in total. The maximum absolute atomic E-state index is 12.8. The number of hydrogen-bond donors (Lipinski definition) is 1. The number of amides is 1. The minimum atomic E-state index is -3.69. The fourth-order valence-corrected chi connectivity index (χ4v) is 4.66. The number of carbonyl (C=O) groups is 1. The summed E-state index contributed by atoms with van der Waals surface area (Å²) in [6, 6.07) is 11.2. The van der Waals surface area contributed by atoms with E-state index in [-0.39, 0.29) is 23.9 Å². The highest BCUT2D eigenvalue weighted by Crippen LogP contribution is 2.27. The molecule has 1 N–H and O–H groups in total. The Hall–Kier alpha value is -2.42. The zero-order chi connectivity index (χ0) is 23.7. The van der Waals surface area contributed by atoms with Crippen LogP contribution >= 0.6 is 15.9 Å². The van der Waals surface area contributed by atoms with Gasteiger partial charge < -0.3 is 10.1 Å². The Morgan fingerprint density at radius 3 is 2.28 bits per heavy atom. The molecule has 2 rings (SSSR count). The summed E-state index contributed by atoms with van der Waals surface area (Å²) in [7, 11) is -3.69. The molecule has 32 heavy (non-hydrogen) atoms. The fraction of sp³-hybridized carbons (Fsp3) is 0.292. The monoisotopic (exact) mass is 520 g/mol. The molecule has 0 saturated heterocycles. The number of ether oxygens (including phenoxy) is 1. The van der Waals surface area contributed by atoms with E-state index in [0.29, 0.717) is 34.0 Å². The Labute approximate surface area is 199 Å². The minimum absolute atomic E-state index is 0.129. The summed E-state index contributed by atoms with van der Waals surface area (Å²) in [4.78, 5) is 12.7. The quantitative estimate of drug-likeness (QED) is 0.375. The van der Waals surface area contributed by atoms with E-state index in [1.54, 1.807) is 30.3 Å². The number of rotatable bonds is 12. The predicted molar refractivity (Wildman–Crippen MR) is 133 cm³/mol. The van der Waals surface area contributed by atoms with Gasteiger partial charge >= 0.3 is 0 Å². The molecule has 0 atom stereocenters. The lowest BCUT2D eigenvalue weighted by atomic mass is 10.1. The van der Waals surface area contributed by atoms with Crippen LogP contribution in [0, 0.1) is 5.92 Å². The Balaban J connectivity index is 2.08. The third-order valence-electron chi connectivity index (χ3n) is 4.56. The number of hydrogen-bond acceptors (Lipinski definition) is 4. The van der Waals surface area contributed by atoms with Gasteiger partial charge in [0.2, 0.25) is 10.0 Å². The average molecular weight is 521 g/mol. The Kier molecular flexibility index (Phi) is 9.68. The van der Waals surface area contributed by atoms with Crippen LogP contribution in [0.25, 0.3) is 0 Å². The van der Waals surface area contributed by atoms with E-state index >= 15 is 0 Å². The molecule has 0 aliphatic rings. The van der Waals surface area contributed by atoms with E-state index in [9.17, 15) is 13.2 Å².